The fraction of sp³-hybridized carbons (Fsp3) is 0.368. The van der Waals surface area contributed by atoms with Crippen molar-refractivity contribution in [2.24, 2.45) is 0 Å². The highest BCUT2D eigenvalue weighted by Crippen LogP contribution is 2.30. The lowest BCUT2D eigenvalue weighted by Gasteiger charge is -2.15. The fourth-order valence-corrected chi connectivity index (χ4v) is 3.93. The SMILES string of the molecule is CC(C)n1c(=O)c2c(-c3nc(C4CCCO4)no3)ncn2c2ccc(Cl)cc21. The van der Waals surface area contributed by atoms with Crippen LogP contribution in [0.3, 0.4) is 0 Å². The molecule has 0 saturated carbocycles. The van der Waals surface area contributed by atoms with Crippen LogP contribution in [0.1, 0.15) is 44.7 Å². The number of nitrogens with zero attached hydrogens (tertiary/aromatic N) is 5. The van der Waals surface area contributed by atoms with Gasteiger partial charge < -0.3 is 13.8 Å². The Bertz CT molecular complexity index is 1250. The van der Waals surface area contributed by atoms with Crippen LogP contribution in [0.25, 0.3) is 28.1 Å². The van der Waals surface area contributed by atoms with E-state index in [9.17, 15) is 4.79 Å². The number of hydrogen-bond acceptors (Lipinski definition) is 6. The second kappa shape index (κ2) is 6.42. The van der Waals surface area contributed by atoms with Gasteiger partial charge in [0, 0.05) is 17.7 Å². The van der Waals surface area contributed by atoms with Gasteiger partial charge >= 0.3 is 0 Å². The molecular weight excluding hydrogens is 382 g/mol. The number of aromatic nitrogens is 5. The summed E-state index contributed by atoms with van der Waals surface area (Å²) >= 11 is 6.18. The summed E-state index contributed by atoms with van der Waals surface area (Å²) < 4.78 is 14.5. The Balaban J connectivity index is 1.77. The first-order valence-electron chi connectivity index (χ1n) is 9.21. The molecule has 144 valence electrons. The van der Waals surface area contributed by atoms with Crippen LogP contribution >= 0.6 is 11.6 Å². The number of fused-ring (bicyclic) bond motifs is 3. The Morgan fingerprint density at radius 1 is 1.29 bits per heavy atom. The standard InChI is InChI=1S/C19H18ClN5O3/c1-10(2)25-13-8-11(20)5-6-12(13)24-9-21-15(16(24)19(25)26)18-22-17(23-28-18)14-4-3-7-27-14/h5-6,8-10,14H,3-4,7H2,1-2H3. The van der Waals surface area contributed by atoms with Crippen molar-refractivity contribution in [1.82, 2.24) is 24.1 Å². The normalized spacial score (nSPS) is 17.4. The summed E-state index contributed by atoms with van der Waals surface area (Å²) in [4.78, 5) is 22.2. The van der Waals surface area contributed by atoms with E-state index >= 15 is 0 Å². The van der Waals surface area contributed by atoms with E-state index in [4.69, 9.17) is 20.9 Å². The largest absolute Gasteiger partial charge is 0.370 e. The number of rotatable bonds is 3. The van der Waals surface area contributed by atoms with Gasteiger partial charge in [-0.15, -0.1) is 0 Å². The molecule has 1 unspecified atom stereocenters. The Morgan fingerprint density at radius 2 is 2.14 bits per heavy atom. The van der Waals surface area contributed by atoms with Gasteiger partial charge in [0.15, 0.2) is 5.69 Å². The van der Waals surface area contributed by atoms with E-state index in [-0.39, 0.29) is 23.6 Å². The summed E-state index contributed by atoms with van der Waals surface area (Å²) in [5, 5.41) is 4.60. The van der Waals surface area contributed by atoms with Crippen LogP contribution in [0.15, 0.2) is 33.8 Å². The average molecular weight is 400 g/mol. The maximum atomic E-state index is 13.4. The van der Waals surface area contributed by atoms with Crippen LogP contribution in [0, 0.1) is 0 Å². The van der Waals surface area contributed by atoms with Gasteiger partial charge in [0.25, 0.3) is 11.4 Å². The third-order valence-corrected chi connectivity index (χ3v) is 5.26. The molecule has 1 aromatic carbocycles. The summed E-state index contributed by atoms with van der Waals surface area (Å²) in [6.07, 6.45) is 3.26. The highest BCUT2D eigenvalue weighted by molar-refractivity contribution is 6.31. The van der Waals surface area contributed by atoms with Gasteiger partial charge in [-0.1, -0.05) is 16.8 Å². The van der Waals surface area contributed by atoms with Crippen molar-refractivity contribution in [1.29, 1.82) is 0 Å². The maximum Gasteiger partial charge on any atom is 0.279 e. The molecule has 0 N–H and O–H groups in total. The number of halogens is 1. The minimum atomic E-state index is -0.186. The van der Waals surface area contributed by atoms with Crippen LogP contribution in [-0.4, -0.2) is 30.7 Å². The first kappa shape index (κ1) is 17.4. The topological polar surface area (TPSA) is 87.5 Å². The Morgan fingerprint density at radius 3 is 2.89 bits per heavy atom. The Kier molecular flexibility index (Phi) is 3.99. The van der Waals surface area contributed by atoms with Gasteiger partial charge in [-0.2, -0.15) is 4.98 Å². The molecule has 5 rings (SSSR count). The van der Waals surface area contributed by atoms with E-state index in [0.717, 1.165) is 23.9 Å². The first-order chi connectivity index (χ1) is 13.5. The van der Waals surface area contributed by atoms with E-state index in [1.807, 2.05) is 19.9 Å². The van der Waals surface area contributed by atoms with Crippen LogP contribution < -0.4 is 5.56 Å². The summed E-state index contributed by atoms with van der Waals surface area (Å²) in [7, 11) is 0. The molecule has 28 heavy (non-hydrogen) atoms. The molecule has 1 saturated heterocycles. The molecule has 1 fully saturated rings. The monoisotopic (exact) mass is 399 g/mol. The highest BCUT2D eigenvalue weighted by Gasteiger charge is 2.26. The number of hydrogen-bond donors (Lipinski definition) is 0. The Hall–Kier alpha value is -2.71. The lowest BCUT2D eigenvalue weighted by Crippen LogP contribution is -2.24. The number of ether oxygens (including phenoxy) is 1. The van der Waals surface area contributed by atoms with Crippen molar-refractivity contribution >= 4 is 28.2 Å². The van der Waals surface area contributed by atoms with Crippen molar-refractivity contribution in [3.63, 3.8) is 0 Å². The van der Waals surface area contributed by atoms with Crippen molar-refractivity contribution in [3.8, 4) is 11.6 Å². The number of imidazole rings is 1. The van der Waals surface area contributed by atoms with Gasteiger partial charge in [-0.25, -0.2) is 4.98 Å². The van der Waals surface area contributed by atoms with E-state index in [1.54, 1.807) is 27.4 Å². The second-order valence-electron chi connectivity index (χ2n) is 7.17. The highest BCUT2D eigenvalue weighted by atomic mass is 35.5. The lowest BCUT2D eigenvalue weighted by molar-refractivity contribution is 0.103. The van der Waals surface area contributed by atoms with Crippen molar-refractivity contribution in [2.75, 3.05) is 6.61 Å². The molecule has 9 heteroatoms. The van der Waals surface area contributed by atoms with Crippen molar-refractivity contribution < 1.29 is 9.26 Å². The molecule has 1 aliphatic heterocycles. The zero-order valence-electron chi connectivity index (χ0n) is 15.4. The molecule has 0 bridgehead atoms. The molecule has 0 radical (unpaired) electrons. The van der Waals surface area contributed by atoms with Gasteiger partial charge in [-0.3, -0.25) is 9.20 Å². The third-order valence-electron chi connectivity index (χ3n) is 5.02. The minimum Gasteiger partial charge on any atom is -0.370 e. The van der Waals surface area contributed by atoms with E-state index < -0.39 is 0 Å². The maximum absolute atomic E-state index is 13.4. The van der Waals surface area contributed by atoms with E-state index in [0.29, 0.717) is 28.7 Å². The smallest absolute Gasteiger partial charge is 0.279 e. The fourth-order valence-electron chi connectivity index (χ4n) is 3.76. The summed E-state index contributed by atoms with van der Waals surface area (Å²) in [5.74, 6) is 0.708. The first-order valence-corrected chi connectivity index (χ1v) is 9.59. The summed E-state index contributed by atoms with van der Waals surface area (Å²) in [6, 6.07) is 5.39. The van der Waals surface area contributed by atoms with Crippen LogP contribution in [0.4, 0.5) is 0 Å². The molecule has 4 heterocycles. The van der Waals surface area contributed by atoms with Crippen LogP contribution in [0.5, 0.6) is 0 Å². The molecule has 3 aromatic heterocycles. The lowest BCUT2D eigenvalue weighted by atomic mass is 10.2. The molecule has 4 aromatic rings. The van der Waals surface area contributed by atoms with Gasteiger partial charge in [0.05, 0.1) is 11.0 Å². The molecular formula is C19H18ClN5O3. The summed E-state index contributed by atoms with van der Waals surface area (Å²) in [6.45, 7) is 4.60. The third kappa shape index (κ3) is 2.56. The predicted octanol–water partition coefficient (Wildman–Crippen LogP) is 3.79. The van der Waals surface area contributed by atoms with Gasteiger partial charge in [-0.05, 0) is 44.9 Å². The van der Waals surface area contributed by atoms with Gasteiger partial charge in [0.2, 0.25) is 5.82 Å². The molecule has 1 aliphatic rings. The zero-order valence-corrected chi connectivity index (χ0v) is 16.2. The van der Waals surface area contributed by atoms with Gasteiger partial charge in [0.1, 0.15) is 17.9 Å². The van der Waals surface area contributed by atoms with E-state index in [1.165, 1.54) is 0 Å². The van der Waals surface area contributed by atoms with Crippen molar-refractivity contribution in [2.45, 2.75) is 38.8 Å². The number of benzene rings is 1. The molecule has 8 nitrogen and oxygen atoms in total. The summed E-state index contributed by atoms with van der Waals surface area (Å²) in [5.41, 5.74) is 2.15. The molecule has 1 atom stereocenters. The van der Waals surface area contributed by atoms with Crippen LogP contribution in [-0.2, 0) is 4.74 Å². The molecule has 0 aliphatic carbocycles. The predicted molar refractivity (Wildman–Crippen MR) is 104 cm³/mol. The molecule has 0 amide bonds. The Labute approximate surface area is 164 Å². The quantitative estimate of drug-likeness (QED) is 0.521. The van der Waals surface area contributed by atoms with Crippen molar-refractivity contribution in [3.05, 3.63) is 45.7 Å². The van der Waals surface area contributed by atoms with Crippen LogP contribution in [0.2, 0.25) is 5.02 Å². The minimum absolute atomic E-state index is 0.0636. The second-order valence-corrected chi connectivity index (χ2v) is 7.61. The zero-order chi connectivity index (χ0) is 19.4. The average Bonchev–Trinajstić information content (AvgIpc) is 3.40. The molecule has 0 spiro atoms. The van der Waals surface area contributed by atoms with E-state index in [2.05, 4.69) is 15.1 Å².